The Kier molecular flexibility index (Phi) is 7.08. The van der Waals surface area contributed by atoms with E-state index in [-0.39, 0.29) is 12.0 Å². The summed E-state index contributed by atoms with van der Waals surface area (Å²) in [6.45, 7) is 6.05. The molecule has 2 aliphatic rings. The lowest BCUT2D eigenvalue weighted by atomic mass is 10.1. The molecule has 0 aliphatic carbocycles. The summed E-state index contributed by atoms with van der Waals surface area (Å²) < 4.78 is 11.5. The molecular formula is C21H29N3O3. The Morgan fingerprint density at radius 3 is 2.89 bits per heavy atom. The van der Waals surface area contributed by atoms with Gasteiger partial charge >= 0.3 is 0 Å². The van der Waals surface area contributed by atoms with E-state index in [4.69, 9.17) is 9.47 Å². The largest absolute Gasteiger partial charge is 0.376 e. The van der Waals surface area contributed by atoms with Crippen molar-refractivity contribution in [2.45, 2.75) is 44.8 Å². The topological polar surface area (TPSA) is 65.8 Å². The number of rotatable bonds is 5. The van der Waals surface area contributed by atoms with Gasteiger partial charge in [0.1, 0.15) is 12.2 Å². The van der Waals surface area contributed by atoms with Crippen LogP contribution in [0.1, 0.15) is 38.2 Å². The molecular weight excluding hydrogens is 342 g/mol. The molecule has 2 atom stereocenters. The second kappa shape index (κ2) is 9.72. The predicted octanol–water partition coefficient (Wildman–Crippen LogP) is 2.57. The van der Waals surface area contributed by atoms with Crippen LogP contribution in [-0.2, 0) is 14.3 Å². The number of nitriles is 1. The van der Waals surface area contributed by atoms with E-state index >= 15 is 0 Å². The molecule has 1 aromatic carbocycles. The fourth-order valence-corrected chi connectivity index (χ4v) is 3.74. The highest BCUT2D eigenvalue weighted by molar-refractivity contribution is 5.80. The molecule has 0 saturated carbocycles. The first-order valence-corrected chi connectivity index (χ1v) is 9.95. The number of amides is 1. The van der Waals surface area contributed by atoms with Crippen molar-refractivity contribution in [3.63, 3.8) is 0 Å². The average Bonchev–Trinajstić information content (AvgIpc) is 2.98. The van der Waals surface area contributed by atoms with Gasteiger partial charge in [0, 0.05) is 32.8 Å². The zero-order valence-electron chi connectivity index (χ0n) is 16.1. The molecule has 0 unspecified atom stereocenters. The lowest BCUT2D eigenvalue weighted by molar-refractivity contribution is -0.145. The van der Waals surface area contributed by atoms with Gasteiger partial charge < -0.3 is 19.3 Å². The summed E-state index contributed by atoms with van der Waals surface area (Å²) in [6.07, 6.45) is 3.85. The van der Waals surface area contributed by atoms with E-state index in [0.29, 0.717) is 18.7 Å². The summed E-state index contributed by atoms with van der Waals surface area (Å²) in [7, 11) is 0. The summed E-state index contributed by atoms with van der Waals surface area (Å²) in [5, 5.41) is 9.33. The molecule has 0 radical (unpaired) electrons. The van der Waals surface area contributed by atoms with Crippen LogP contribution in [0.15, 0.2) is 24.3 Å². The van der Waals surface area contributed by atoms with Gasteiger partial charge in [0.25, 0.3) is 5.91 Å². The highest BCUT2D eigenvalue weighted by Crippen LogP contribution is 2.21. The van der Waals surface area contributed by atoms with Gasteiger partial charge in [-0.05, 0) is 44.7 Å². The van der Waals surface area contributed by atoms with Crippen LogP contribution < -0.4 is 4.90 Å². The molecule has 0 N–H and O–H groups in total. The number of hydrogen-bond donors (Lipinski definition) is 0. The van der Waals surface area contributed by atoms with Crippen LogP contribution in [0.3, 0.4) is 0 Å². The highest BCUT2D eigenvalue weighted by atomic mass is 16.5. The van der Waals surface area contributed by atoms with Crippen molar-refractivity contribution >= 4 is 11.6 Å². The normalized spacial score (nSPS) is 22.0. The minimum absolute atomic E-state index is 0.0428. The van der Waals surface area contributed by atoms with Gasteiger partial charge in [0.2, 0.25) is 0 Å². The third-order valence-corrected chi connectivity index (χ3v) is 5.33. The van der Waals surface area contributed by atoms with E-state index < -0.39 is 6.10 Å². The number of para-hydroxylation sites is 1. The number of carbonyl (C=O) groups is 1. The Hall–Kier alpha value is -2.10. The van der Waals surface area contributed by atoms with E-state index in [9.17, 15) is 10.1 Å². The van der Waals surface area contributed by atoms with Crippen molar-refractivity contribution in [2.75, 3.05) is 44.3 Å². The molecule has 6 nitrogen and oxygen atoms in total. The summed E-state index contributed by atoms with van der Waals surface area (Å²) in [6, 6.07) is 9.91. The number of carbonyl (C=O) groups excluding carboxylic acids is 1. The first kappa shape index (κ1) is 19.7. The summed E-state index contributed by atoms with van der Waals surface area (Å²) in [5.41, 5.74) is 1.63. The number of nitrogens with zero attached hydrogens (tertiary/aromatic N) is 3. The van der Waals surface area contributed by atoms with Crippen LogP contribution in [0.2, 0.25) is 0 Å². The molecule has 2 aliphatic heterocycles. The standard InChI is InChI=1S/C21H29N3O3/c1-17(27-16-19-8-4-5-14-26-19)21(25)24-11-6-10-23(12-13-24)20-9-3-2-7-18(20)15-22/h2-3,7,9,17,19H,4-6,8,10-14,16H2,1H3/t17-,19+/m1/s1. The van der Waals surface area contributed by atoms with Crippen LogP contribution in [0.25, 0.3) is 0 Å². The van der Waals surface area contributed by atoms with Gasteiger partial charge in [-0.25, -0.2) is 0 Å². The van der Waals surface area contributed by atoms with Crippen LogP contribution in [0.5, 0.6) is 0 Å². The van der Waals surface area contributed by atoms with Gasteiger partial charge in [-0.3, -0.25) is 4.79 Å². The number of ether oxygens (including phenoxy) is 2. The second-order valence-corrected chi connectivity index (χ2v) is 7.26. The van der Waals surface area contributed by atoms with E-state index in [1.807, 2.05) is 36.1 Å². The number of hydrogen-bond acceptors (Lipinski definition) is 5. The average molecular weight is 371 g/mol. The molecule has 0 aromatic heterocycles. The minimum Gasteiger partial charge on any atom is -0.376 e. The smallest absolute Gasteiger partial charge is 0.251 e. The number of anilines is 1. The SMILES string of the molecule is C[C@@H](OC[C@@H]1CCCCO1)C(=O)N1CCCN(c2ccccc2C#N)CC1. The van der Waals surface area contributed by atoms with Crippen molar-refractivity contribution in [2.24, 2.45) is 0 Å². The molecule has 2 fully saturated rings. The van der Waals surface area contributed by atoms with Gasteiger partial charge in [-0.1, -0.05) is 12.1 Å². The van der Waals surface area contributed by atoms with Crippen LogP contribution >= 0.6 is 0 Å². The molecule has 2 saturated heterocycles. The molecule has 0 bridgehead atoms. The zero-order chi connectivity index (χ0) is 19.1. The Morgan fingerprint density at radius 2 is 2.11 bits per heavy atom. The Bertz CT molecular complexity index is 667. The molecule has 27 heavy (non-hydrogen) atoms. The third kappa shape index (κ3) is 5.21. The van der Waals surface area contributed by atoms with Crippen LogP contribution in [-0.4, -0.2) is 62.4 Å². The lowest BCUT2D eigenvalue weighted by Crippen LogP contribution is -2.42. The first-order chi connectivity index (χ1) is 13.2. The van der Waals surface area contributed by atoms with Crippen molar-refractivity contribution in [1.82, 2.24) is 4.90 Å². The number of benzene rings is 1. The van der Waals surface area contributed by atoms with Gasteiger partial charge in [0.05, 0.1) is 24.0 Å². The molecule has 146 valence electrons. The molecule has 2 heterocycles. The van der Waals surface area contributed by atoms with Crippen molar-refractivity contribution in [3.05, 3.63) is 29.8 Å². The third-order valence-electron chi connectivity index (χ3n) is 5.33. The van der Waals surface area contributed by atoms with Gasteiger partial charge in [0.15, 0.2) is 0 Å². The van der Waals surface area contributed by atoms with E-state index in [1.54, 1.807) is 0 Å². The Morgan fingerprint density at radius 1 is 1.26 bits per heavy atom. The zero-order valence-corrected chi connectivity index (χ0v) is 16.1. The fourth-order valence-electron chi connectivity index (χ4n) is 3.74. The quantitative estimate of drug-likeness (QED) is 0.796. The summed E-state index contributed by atoms with van der Waals surface area (Å²) in [5.74, 6) is 0.0428. The minimum atomic E-state index is -0.450. The molecule has 3 rings (SSSR count). The Balaban J connectivity index is 1.52. The molecule has 1 aromatic rings. The maximum absolute atomic E-state index is 12.8. The van der Waals surface area contributed by atoms with Crippen molar-refractivity contribution in [1.29, 1.82) is 5.26 Å². The van der Waals surface area contributed by atoms with Crippen LogP contribution in [0.4, 0.5) is 5.69 Å². The highest BCUT2D eigenvalue weighted by Gasteiger charge is 2.25. The van der Waals surface area contributed by atoms with Gasteiger partial charge in [-0.2, -0.15) is 5.26 Å². The predicted molar refractivity (Wildman–Crippen MR) is 104 cm³/mol. The fraction of sp³-hybridized carbons (Fsp3) is 0.619. The first-order valence-electron chi connectivity index (χ1n) is 9.95. The Labute approximate surface area is 161 Å². The van der Waals surface area contributed by atoms with Gasteiger partial charge in [-0.15, -0.1) is 0 Å². The molecule has 1 amide bonds. The van der Waals surface area contributed by atoms with E-state index in [0.717, 1.165) is 51.2 Å². The van der Waals surface area contributed by atoms with Crippen molar-refractivity contribution < 1.29 is 14.3 Å². The van der Waals surface area contributed by atoms with E-state index in [2.05, 4.69) is 11.0 Å². The monoisotopic (exact) mass is 371 g/mol. The summed E-state index contributed by atoms with van der Waals surface area (Å²) in [4.78, 5) is 16.9. The van der Waals surface area contributed by atoms with Crippen LogP contribution in [0, 0.1) is 11.3 Å². The molecule has 6 heteroatoms. The summed E-state index contributed by atoms with van der Waals surface area (Å²) >= 11 is 0. The maximum Gasteiger partial charge on any atom is 0.251 e. The lowest BCUT2D eigenvalue weighted by Gasteiger charge is -2.27. The van der Waals surface area contributed by atoms with Crippen molar-refractivity contribution in [3.8, 4) is 6.07 Å². The maximum atomic E-state index is 12.8. The van der Waals surface area contributed by atoms with E-state index in [1.165, 1.54) is 6.42 Å². The molecule has 0 spiro atoms. The second-order valence-electron chi connectivity index (χ2n) is 7.26.